The molecule has 0 atom stereocenters. The maximum atomic E-state index is 13.6. The SMILES string of the molecule is O=C(CSc1ccccc1F)Nc1cccnc1Oc1ccccc1. The van der Waals surface area contributed by atoms with E-state index in [0.717, 1.165) is 11.8 Å². The van der Waals surface area contributed by atoms with Crippen LogP contribution in [0.5, 0.6) is 11.6 Å². The summed E-state index contributed by atoms with van der Waals surface area (Å²) in [5.74, 6) is 0.407. The molecule has 6 heteroatoms. The first-order valence-electron chi connectivity index (χ1n) is 7.57. The highest BCUT2D eigenvalue weighted by Crippen LogP contribution is 2.27. The molecule has 0 spiro atoms. The fraction of sp³-hybridized carbons (Fsp3) is 0.0526. The van der Waals surface area contributed by atoms with Crippen molar-refractivity contribution in [2.24, 2.45) is 0 Å². The summed E-state index contributed by atoms with van der Waals surface area (Å²) >= 11 is 1.14. The lowest BCUT2D eigenvalue weighted by atomic mass is 10.3. The number of carbonyl (C=O) groups is 1. The third-order valence-electron chi connectivity index (χ3n) is 3.20. The van der Waals surface area contributed by atoms with E-state index in [9.17, 15) is 9.18 Å². The van der Waals surface area contributed by atoms with E-state index in [-0.39, 0.29) is 17.5 Å². The highest BCUT2D eigenvalue weighted by atomic mass is 32.2. The smallest absolute Gasteiger partial charge is 0.243 e. The largest absolute Gasteiger partial charge is 0.437 e. The zero-order chi connectivity index (χ0) is 17.5. The molecule has 1 amide bonds. The minimum absolute atomic E-state index is 0.0839. The molecule has 0 saturated heterocycles. The van der Waals surface area contributed by atoms with Gasteiger partial charge in [-0.15, -0.1) is 11.8 Å². The third kappa shape index (κ3) is 4.81. The van der Waals surface area contributed by atoms with Crippen LogP contribution in [0.1, 0.15) is 0 Å². The summed E-state index contributed by atoms with van der Waals surface area (Å²) in [6.07, 6.45) is 1.59. The van der Waals surface area contributed by atoms with Crippen molar-refractivity contribution < 1.29 is 13.9 Å². The number of para-hydroxylation sites is 1. The zero-order valence-corrected chi connectivity index (χ0v) is 14.0. The number of rotatable bonds is 6. The van der Waals surface area contributed by atoms with E-state index in [2.05, 4.69) is 10.3 Å². The molecule has 0 aliphatic rings. The van der Waals surface area contributed by atoms with E-state index in [1.807, 2.05) is 18.2 Å². The molecule has 25 heavy (non-hydrogen) atoms. The van der Waals surface area contributed by atoms with Crippen molar-refractivity contribution in [1.82, 2.24) is 4.98 Å². The number of pyridine rings is 1. The van der Waals surface area contributed by atoms with Gasteiger partial charge in [-0.05, 0) is 36.4 Å². The van der Waals surface area contributed by atoms with Gasteiger partial charge in [-0.3, -0.25) is 4.79 Å². The summed E-state index contributed by atoms with van der Waals surface area (Å²) in [4.78, 5) is 16.8. The molecule has 0 bridgehead atoms. The standard InChI is InChI=1S/C19H15FN2O2S/c20-15-9-4-5-11-17(15)25-13-18(23)22-16-10-6-12-21-19(16)24-14-7-2-1-3-8-14/h1-12H,13H2,(H,22,23). The van der Waals surface area contributed by atoms with Crippen molar-refractivity contribution in [2.75, 3.05) is 11.1 Å². The summed E-state index contributed by atoms with van der Waals surface area (Å²) in [5, 5.41) is 2.75. The molecule has 1 aromatic heterocycles. The molecule has 1 N–H and O–H groups in total. The summed E-state index contributed by atoms with van der Waals surface area (Å²) in [7, 11) is 0. The second kappa shape index (κ2) is 8.30. The van der Waals surface area contributed by atoms with Crippen LogP contribution in [0.3, 0.4) is 0 Å². The van der Waals surface area contributed by atoms with Crippen molar-refractivity contribution in [3.8, 4) is 11.6 Å². The Kier molecular flexibility index (Phi) is 5.64. The number of hydrogen-bond donors (Lipinski definition) is 1. The minimum Gasteiger partial charge on any atom is -0.437 e. The van der Waals surface area contributed by atoms with Crippen LogP contribution in [-0.4, -0.2) is 16.6 Å². The number of carbonyl (C=O) groups excluding carboxylic acids is 1. The summed E-state index contributed by atoms with van der Waals surface area (Å²) in [6.45, 7) is 0. The van der Waals surface area contributed by atoms with Crippen LogP contribution in [0, 0.1) is 5.82 Å². The van der Waals surface area contributed by atoms with Crippen LogP contribution >= 0.6 is 11.8 Å². The van der Waals surface area contributed by atoms with E-state index in [0.29, 0.717) is 22.2 Å². The molecular formula is C19H15FN2O2S. The fourth-order valence-corrected chi connectivity index (χ4v) is 2.80. The van der Waals surface area contributed by atoms with Crippen LogP contribution in [0.2, 0.25) is 0 Å². The first-order valence-corrected chi connectivity index (χ1v) is 8.56. The number of amides is 1. The van der Waals surface area contributed by atoms with Gasteiger partial charge in [0.05, 0.1) is 5.75 Å². The van der Waals surface area contributed by atoms with Gasteiger partial charge >= 0.3 is 0 Å². The summed E-state index contributed by atoms with van der Waals surface area (Å²) in [5.41, 5.74) is 0.463. The van der Waals surface area contributed by atoms with Crippen LogP contribution in [0.25, 0.3) is 0 Å². The van der Waals surface area contributed by atoms with E-state index in [4.69, 9.17) is 4.74 Å². The van der Waals surface area contributed by atoms with Gasteiger partial charge in [0.25, 0.3) is 0 Å². The van der Waals surface area contributed by atoms with Crippen LogP contribution < -0.4 is 10.1 Å². The predicted molar refractivity (Wildman–Crippen MR) is 96.5 cm³/mol. The number of anilines is 1. The molecule has 1 heterocycles. The molecular weight excluding hydrogens is 339 g/mol. The number of thioether (sulfide) groups is 1. The van der Waals surface area contributed by atoms with Crippen molar-refractivity contribution in [1.29, 1.82) is 0 Å². The molecule has 126 valence electrons. The van der Waals surface area contributed by atoms with Gasteiger partial charge in [0.15, 0.2) is 0 Å². The van der Waals surface area contributed by atoms with Crippen LogP contribution in [-0.2, 0) is 4.79 Å². The normalized spacial score (nSPS) is 10.3. The monoisotopic (exact) mass is 354 g/mol. The highest BCUT2D eigenvalue weighted by Gasteiger charge is 2.11. The van der Waals surface area contributed by atoms with Crippen molar-refractivity contribution in [3.63, 3.8) is 0 Å². The minimum atomic E-state index is -0.338. The predicted octanol–water partition coefficient (Wildman–Crippen LogP) is 4.74. The van der Waals surface area contributed by atoms with Gasteiger partial charge in [0.1, 0.15) is 17.3 Å². The lowest BCUT2D eigenvalue weighted by Crippen LogP contribution is -2.15. The number of nitrogens with one attached hydrogen (secondary N) is 1. The summed E-state index contributed by atoms with van der Waals surface area (Å²) < 4.78 is 19.3. The first kappa shape index (κ1) is 17.0. The van der Waals surface area contributed by atoms with E-state index in [1.165, 1.54) is 6.07 Å². The lowest BCUT2D eigenvalue weighted by Gasteiger charge is -2.11. The van der Waals surface area contributed by atoms with Gasteiger partial charge < -0.3 is 10.1 Å². The fourth-order valence-electron chi connectivity index (χ4n) is 2.06. The quantitative estimate of drug-likeness (QED) is 0.650. The Morgan fingerprint density at radius 3 is 2.60 bits per heavy atom. The number of aromatic nitrogens is 1. The molecule has 0 saturated carbocycles. The van der Waals surface area contributed by atoms with E-state index in [1.54, 1.807) is 48.7 Å². The third-order valence-corrected chi connectivity index (χ3v) is 4.25. The van der Waals surface area contributed by atoms with Gasteiger partial charge in [-0.1, -0.05) is 30.3 Å². The Hall–Kier alpha value is -2.86. The van der Waals surface area contributed by atoms with Gasteiger partial charge in [0.2, 0.25) is 11.8 Å². The topological polar surface area (TPSA) is 51.2 Å². The molecule has 0 aliphatic carbocycles. The Balaban J connectivity index is 1.64. The Morgan fingerprint density at radius 2 is 1.80 bits per heavy atom. The number of halogens is 1. The number of ether oxygens (including phenoxy) is 1. The van der Waals surface area contributed by atoms with E-state index < -0.39 is 0 Å². The average Bonchev–Trinajstić information content (AvgIpc) is 2.64. The number of nitrogens with zero attached hydrogens (tertiary/aromatic N) is 1. The average molecular weight is 354 g/mol. The number of hydrogen-bond acceptors (Lipinski definition) is 4. The number of benzene rings is 2. The lowest BCUT2D eigenvalue weighted by molar-refractivity contribution is -0.113. The molecule has 0 unspecified atom stereocenters. The Morgan fingerprint density at radius 1 is 1.04 bits per heavy atom. The van der Waals surface area contributed by atoms with Crippen molar-refractivity contribution >= 4 is 23.4 Å². The molecule has 0 radical (unpaired) electrons. The molecule has 0 aliphatic heterocycles. The zero-order valence-electron chi connectivity index (χ0n) is 13.2. The van der Waals surface area contributed by atoms with Gasteiger partial charge in [-0.2, -0.15) is 0 Å². The maximum Gasteiger partial charge on any atom is 0.243 e. The second-order valence-corrected chi connectivity index (χ2v) is 6.06. The molecule has 2 aromatic carbocycles. The van der Waals surface area contributed by atoms with Crippen molar-refractivity contribution in [3.05, 3.63) is 78.7 Å². The Labute approximate surface area is 149 Å². The van der Waals surface area contributed by atoms with Crippen LogP contribution in [0.4, 0.5) is 10.1 Å². The van der Waals surface area contributed by atoms with E-state index >= 15 is 0 Å². The molecule has 3 rings (SSSR count). The molecule has 0 fully saturated rings. The first-order chi connectivity index (χ1) is 12.2. The van der Waals surface area contributed by atoms with Gasteiger partial charge in [0, 0.05) is 11.1 Å². The molecule has 3 aromatic rings. The summed E-state index contributed by atoms with van der Waals surface area (Å²) in [6, 6.07) is 18.9. The Bertz CT molecular complexity index is 859. The molecule has 4 nitrogen and oxygen atoms in total. The van der Waals surface area contributed by atoms with Crippen LogP contribution in [0.15, 0.2) is 77.8 Å². The second-order valence-electron chi connectivity index (χ2n) is 5.04. The highest BCUT2D eigenvalue weighted by molar-refractivity contribution is 8.00. The van der Waals surface area contributed by atoms with Gasteiger partial charge in [-0.25, -0.2) is 9.37 Å². The maximum absolute atomic E-state index is 13.6. The van der Waals surface area contributed by atoms with Crippen molar-refractivity contribution in [2.45, 2.75) is 4.90 Å².